The van der Waals surface area contributed by atoms with Crippen LogP contribution in [0.1, 0.15) is 24.0 Å². The van der Waals surface area contributed by atoms with Crippen molar-refractivity contribution in [2.45, 2.75) is 25.7 Å². The van der Waals surface area contributed by atoms with E-state index in [4.69, 9.17) is 0 Å². The summed E-state index contributed by atoms with van der Waals surface area (Å²) >= 11 is 0. The van der Waals surface area contributed by atoms with Crippen LogP contribution >= 0.6 is 0 Å². The maximum absolute atomic E-state index is 12.1. The van der Waals surface area contributed by atoms with Crippen molar-refractivity contribution in [3.8, 4) is 0 Å². The largest absolute Gasteiger partial charge is 0.361 e. The third-order valence-electron chi connectivity index (χ3n) is 4.41. The van der Waals surface area contributed by atoms with Crippen molar-refractivity contribution in [1.29, 1.82) is 0 Å². The number of carbonyl (C=O) groups excluding carboxylic acids is 2. The minimum atomic E-state index is -0.0286. The summed E-state index contributed by atoms with van der Waals surface area (Å²) in [4.78, 5) is 26.7. The molecular formula is C21H23N3O2. The van der Waals surface area contributed by atoms with E-state index in [1.807, 2.05) is 42.6 Å². The number of H-pyrrole nitrogens is 1. The van der Waals surface area contributed by atoms with Crippen LogP contribution in [0.25, 0.3) is 10.9 Å². The average molecular weight is 349 g/mol. The first-order chi connectivity index (χ1) is 12.7. The monoisotopic (exact) mass is 349 g/mol. The van der Waals surface area contributed by atoms with Gasteiger partial charge in [0.15, 0.2) is 0 Å². The second kappa shape index (κ2) is 8.34. The Balaban J connectivity index is 1.47. The number of aromatic nitrogens is 1. The average Bonchev–Trinajstić information content (AvgIpc) is 3.06. The molecule has 26 heavy (non-hydrogen) atoms. The minimum absolute atomic E-state index is 0.00360. The molecule has 1 aromatic heterocycles. The van der Waals surface area contributed by atoms with Crippen LogP contribution in [0, 0.1) is 0 Å². The molecule has 0 atom stereocenters. The quantitative estimate of drug-likeness (QED) is 0.611. The number of rotatable bonds is 7. The number of para-hydroxylation sites is 1. The molecule has 2 aromatic carbocycles. The molecular weight excluding hydrogens is 326 g/mol. The lowest BCUT2D eigenvalue weighted by Crippen LogP contribution is -2.19. The van der Waals surface area contributed by atoms with E-state index < -0.39 is 0 Å². The molecule has 0 aliphatic carbocycles. The number of aromatic amines is 1. The van der Waals surface area contributed by atoms with Crippen molar-refractivity contribution >= 4 is 28.4 Å². The Morgan fingerprint density at radius 1 is 1.00 bits per heavy atom. The van der Waals surface area contributed by atoms with Crippen LogP contribution in [0.2, 0.25) is 0 Å². The van der Waals surface area contributed by atoms with Crippen LogP contribution in [-0.4, -0.2) is 23.8 Å². The lowest BCUT2D eigenvalue weighted by molar-refractivity contribution is -0.120. The second-order valence-electron chi connectivity index (χ2n) is 6.31. The summed E-state index contributed by atoms with van der Waals surface area (Å²) < 4.78 is 0. The molecule has 0 aliphatic heterocycles. The summed E-state index contributed by atoms with van der Waals surface area (Å²) in [6.45, 7) is 0. The smallest absolute Gasteiger partial charge is 0.224 e. The number of likely N-dealkylation sites (N-methyl/N-ethyl adjacent to an activating group) is 1. The molecule has 3 aromatic rings. The fourth-order valence-corrected chi connectivity index (χ4v) is 2.98. The highest BCUT2D eigenvalue weighted by Crippen LogP contribution is 2.19. The van der Waals surface area contributed by atoms with Gasteiger partial charge < -0.3 is 15.6 Å². The zero-order valence-electron chi connectivity index (χ0n) is 14.8. The van der Waals surface area contributed by atoms with Crippen molar-refractivity contribution < 1.29 is 9.59 Å². The van der Waals surface area contributed by atoms with Gasteiger partial charge in [-0.2, -0.15) is 0 Å². The molecule has 0 spiro atoms. The lowest BCUT2D eigenvalue weighted by Gasteiger charge is -2.06. The Morgan fingerprint density at radius 3 is 2.54 bits per heavy atom. The van der Waals surface area contributed by atoms with Gasteiger partial charge in [-0.05, 0) is 42.2 Å². The number of aryl methyl sites for hydroxylation is 1. The maximum atomic E-state index is 12.1. The molecule has 3 N–H and O–H groups in total. The SMILES string of the molecule is CNC(=O)Cc1ccc(NC(=O)CCCc2c[nH]c3ccccc23)cc1. The van der Waals surface area contributed by atoms with Gasteiger partial charge in [-0.25, -0.2) is 0 Å². The first-order valence-corrected chi connectivity index (χ1v) is 8.80. The van der Waals surface area contributed by atoms with Crippen LogP contribution in [0.5, 0.6) is 0 Å². The van der Waals surface area contributed by atoms with E-state index in [9.17, 15) is 9.59 Å². The molecule has 0 bridgehead atoms. The van der Waals surface area contributed by atoms with E-state index in [1.54, 1.807) is 7.05 Å². The molecule has 0 unspecified atom stereocenters. The predicted molar refractivity (Wildman–Crippen MR) is 104 cm³/mol. The predicted octanol–water partition coefficient (Wildman–Crippen LogP) is 3.42. The van der Waals surface area contributed by atoms with Crippen molar-refractivity contribution in [3.05, 3.63) is 65.9 Å². The van der Waals surface area contributed by atoms with Crippen LogP contribution in [0.3, 0.4) is 0 Å². The number of hydrogen-bond acceptors (Lipinski definition) is 2. The molecule has 5 nitrogen and oxygen atoms in total. The molecule has 0 saturated carbocycles. The Morgan fingerprint density at radius 2 is 1.77 bits per heavy atom. The van der Waals surface area contributed by atoms with Gasteiger partial charge in [0.2, 0.25) is 11.8 Å². The van der Waals surface area contributed by atoms with Crippen molar-refractivity contribution in [1.82, 2.24) is 10.3 Å². The Bertz CT molecular complexity index is 897. The van der Waals surface area contributed by atoms with Gasteiger partial charge in [-0.3, -0.25) is 9.59 Å². The third-order valence-corrected chi connectivity index (χ3v) is 4.41. The van der Waals surface area contributed by atoms with Gasteiger partial charge in [-0.1, -0.05) is 30.3 Å². The van der Waals surface area contributed by atoms with E-state index in [-0.39, 0.29) is 11.8 Å². The molecule has 3 rings (SSSR count). The number of anilines is 1. The van der Waals surface area contributed by atoms with Crippen molar-refractivity contribution in [2.75, 3.05) is 12.4 Å². The number of carbonyl (C=O) groups is 2. The standard InChI is InChI=1S/C21H23N3O2/c1-22-21(26)13-15-9-11-17(12-10-15)24-20(25)8-4-5-16-14-23-19-7-3-2-6-18(16)19/h2-3,6-7,9-12,14,23H,4-5,8,13H2,1H3,(H,22,26)(H,24,25). The summed E-state index contributed by atoms with van der Waals surface area (Å²) in [6.07, 6.45) is 4.49. The minimum Gasteiger partial charge on any atom is -0.361 e. The molecule has 2 amide bonds. The summed E-state index contributed by atoms with van der Waals surface area (Å²) in [6, 6.07) is 15.6. The third kappa shape index (κ3) is 4.51. The maximum Gasteiger partial charge on any atom is 0.224 e. The van der Waals surface area contributed by atoms with Crippen LogP contribution in [0.15, 0.2) is 54.7 Å². The van der Waals surface area contributed by atoms with Crippen LogP contribution < -0.4 is 10.6 Å². The zero-order chi connectivity index (χ0) is 18.4. The molecule has 0 aliphatic rings. The number of hydrogen-bond donors (Lipinski definition) is 3. The highest BCUT2D eigenvalue weighted by atomic mass is 16.2. The number of fused-ring (bicyclic) bond motifs is 1. The fourth-order valence-electron chi connectivity index (χ4n) is 2.98. The van der Waals surface area contributed by atoms with Gasteiger partial charge in [-0.15, -0.1) is 0 Å². The Labute approximate surface area is 152 Å². The van der Waals surface area contributed by atoms with E-state index in [1.165, 1.54) is 10.9 Å². The van der Waals surface area contributed by atoms with E-state index in [2.05, 4.69) is 27.8 Å². The fraction of sp³-hybridized carbons (Fsp3) is 0.238. The number of benzene rings is 2. The van der Waals surface area contributed by atoms with Crippen LogP contribution in [0.4, 0.5) is 5.69 Å². The zero-order valence-corrected chi connectivity index (χ0v) is 14.8. The van der Waals surface area contributed by atoms with E-state index >= 15 is 0 Å². The molecule has 0 fully saturated rings. The first kappa shape index (κ1) is 17.7. The van der Waals surface area contributed by atoms with Gasteiger partial charge in [0.25, 0.3) is 0 Å². The van der Waals surface area contributed by atoms with E-state index in [0.717, 1.165) is 29.6 Å². The van der Waals surface area contributed by atoms with Gasteiger partial charge in [0.05, 0.1) is 6.42 Å². The lowest BCUT2D eigenvalue weighted by atomic mass is 10.1. The van der Waals surface area contributed by atoms with Crippen LogP contribution in [-0.2, 0) is 22.4 Å². The molecule has 0 radical (unpaired) electrons. The second-order valence-corrected chi connectivity index (χ2v) is 6.31. The molecule has 5 heteroatoms. The highest BCUT2D eigenvalue weighted by Gasteiger charge is 2.07. The number of nitrogens with one attached hydrogen (secondary N) is 3. The highest BCUT2D eigenvalue weighted by molar-refractivity contribution is 5.91. The molecule has 134 valence electrons. The topological polar surface area (TPSA) is 74.0 Å². The Kier molecular flexibility index (Phi) is 5.69. The summed E-state index contributed by atoms with van der Waals surface area (Å²) in [5, 5.41) is 6.72. The number of amides is 2. The van der Waals surface area contributed by atoms with Crippen molar-refractivity contribution in [3.63, 3.8) is 0 Å². The molecule has 0 saturated heterocycles. The van der Waals surface area contributed by atoms with E-state index in [0.29, 0.717) is 12.8 Å². The molecule has 1 heterocycles. The van der Waals surface area contributed by atoms with Gasteiger partial charge in [0, 0.05) is 36.3 Å². The normalized spacial score (nSPS) is 10.7. The summed E-state index contributed by atoms with van der Waals surface area (Å²) in [5.74, 6) is -0.0250. The Hall–Kier alpha value is -3.08. The first-order valence-electron chi connectivity index (χ1n) is 8.80. The van der Waals surface area contributed by atoms with Crippen molar-refractivity contribution in [2.24, 2.45) is 0 Å². The van der Waals surface area contributed by atoms with Gasteiger partial charge >= 0.3 is 0 Å². The summed E-state index contributed by atoms with van der Waals surface area (Å²) in [5.41, 5.74) is 4.04. The summed E-state index contributed by atoms with van der Waals surface area (Å²) in [7, 11) is 1.62. The van der Waals surface area contributed by atoms with Gasteiger partial charge in [0.1, 0.15) is 0 Å².